The number of amides is 1. The highest BCUT2D eigenvalue weighted by molar-refractivity contribution is 7.89. The molecule has 7 heteroatoms. The van der Waals surface area contributed by atoms with Crippen molar-refractivity contribution < 1.29 is 17.9 Å². The number of sulfonamides is 1. The summed E-state index contributed by atoms with van der Waals surface area (Å²) < 4.78 is 31.6. The number of para-hydroxylation sites is 1. The first-order valence-corrected chi connectivity index (χ1v) is 10.1. The number of carbonyl (C=O) groups is 1. The molecule has 0 radical (unpaired) electrons. The maximum Gasteiger partial charge on any atom is 0.260 e. The quantitative estimate of drug-likeness (QED) is 0.748. The molecule has 0 atom stereocenters. The van der Waals surface area contributed by atoms with Crippen LogP contribution in [0.2, 0.25) is 0 Å². The first-order valence-electron chi connectivity index (χ1n) is 8.46. The van der Waals surface area contributed by atoms with E-state index in [4.69, 9.17) is 4.74 Å². The molecule has 1 saturated heterocycles. The van der Waals surface area contributed by atoms with Gasteiger partial charge in [-0.1, -0.05) is 31.5 Å². The van der Waals surface area contributed by atoms with Crippen LogP contribution in [0.3, 0.4) is 0 Å². The molecule has 1 heterocycles. The van der Waals surface area contributed by atoms with Crippen molar-refractivity contribution in [2.75, 3.05) is 38.5 Å². The molecule has 0 aliphatic carbocycles. The average Bonchev–Trinajstić information content (AvgIpc) is 2.85. The van der Waals surface area contributed by atoms with E-state index in [1.807, 2.05) is 25.1 Å². The van der Waals surface area contributed by atoms with Crippen LogP contribution in [-0.4, -0.2) is 62.1 Å². The Hall–Kier alpha value is -1.60. The molecule has 24 heavy (non-hydrogen) atoms. The third-order valence-corrected chi connectivity index (χ3v) is 6.02. The van der Waals surface area contributed by atoms with Crippen molar-refractivity contribution in [3.05, 3.63) is 30.3 Å². The smallest absolute Gasteiger partial charge is 0.260 e. The number of unbranched alkanes of at least 4 members (excludes halogenated alkanes) is 1. The van der Waals surface area contributed by atoms with Crippen LogP contribution in [0.5, 0.6) is 5.75 Å². The Morgan fingerprint density at radius 1 is 1.12 bits per heavy atom. The summed E-state index contributed by atoms with van der Waals surface area (Å²) in [6.07, 6.45) is 2.18. The van der Waals surface area contributed by atoms with E-state index in [9.17, 15) is 13.2 Å². The van der Waals surface area contributed by atoms with Gasteiger partial charge in [-0.05, 0) is 25.0 Å². The van der Waals surface area contributed by atoms with Gasteiger partial charge < -0.3 is 9.64 Å². The van der Waals surface area contributed by atoms with Gasteiger partial charge in [0.25, 0.3) is 5.91 Å². The summed E-state index contributed by atoms with van der Waals surface area (Å²) >= 11 is 0. The van der Waals surface area contributed by atoms with Crippen LogP contribution >= 0.6 is 0 Å². The lowest BCUT2D eigenvalue weighted by Crippen LogP contribution is -2.39. The van der Waals surface area contributed by atoms with Crippen molar-refractivity contribution in [3.63, 3.8) is 0 Å². The molecule has 1 amide bonds. The number of rotatable bonds is 7. The predicted molar refractivity (Wildman–Crippen MR) is 93.4 cm³/mol. The average molecular weight is 354 g/mol. The molecule has 1 fully saturated rings. The lowest BCUT2D eigenvalue weighted by Gasteiger charge is -2.22. The maximum atomic E-state index is 12.3. The van der Waals surface area contributed by atoms with Crippen LogP contribution in [0.4, 0.5) is 0 Å². The zero-order valence-electron chi connectivity index (χ0n) is 14.2. The van der Waals surface area contributed by atoms with Crippen molar-refractivity contribution in [1.29, 1.82) is 0 Å². The summed E-state index contributed by atoms with van der Waals surface area (Å²) in [5.74, 6) is 0.741. The van der Waals surface area contributed by atoms with Crippen LogP contribution in [0.25, 0.3) is 0 Å². The first kappa shape index (κ1) is 18.7. The standard InChI is InChI=1S/C17H26N2O4S/c1-2-3-14-24(21,22)19-11-7-10-18(12-13-19)17(20)15-23-16-8-5-4-6-9-16/h4-6,8-9H,2-3,7,10-15H2,1H3. The second-order valence-corrected chi connectivity index (χ2v) is 7.99. The Kier molecular flexibility index (Phi) is 7.05. The number of benzene rings is 1. The van der Waals surface area contributed by atoms with Crippen LogP contribution in [-0.2, 0) is 14.8 Å². The summed E-state index contributed by atoms with van der Waals surface area (Å²) in [4.78, 5) is 14.0. The van der Waals surface area contributed by atoms with Crippen molar-refractivity contribution >= 4 is 15.9 Å². The fourth-order valence-corrected chi connectivity index (χ4v) is 4.31. The maximum absolute atomic E-state index is 12.3. The highest BCUT2D eigenvalue weighted by Crippen LogP contribution is 2.12. The highest BCUT2D eigenvalue weighted by Gasteiger charge is 2.26. The summed E-state index contributed by atoms with van der Waals surface area (Å²) in [5.41, 5.74) is 0. The summed E-state index contributed by atoms with van der Waals surface area (Å²) in [5, 5.41) is 0. The fraction of sp³-hybridized carbons (Fsp3) is 0.588. The zero-order valence-corrected chi connectivity index (χ0v) is 15.0. The van der Waals surface area contributed by atoms with Gasteiger partial charge in [0, 0.05) is 26.2 Å². The predicted octanol–water partition coefficient (Wildman–Crippen LogP) is 1.73. The van der Waals surface area contributed by atoms with Crippen molar-refractivity contribution in [3.8, 4) is 5.75 Å². The largest absolute Gasteiger partial charge is 0.484 e. The van der Waals surface area contributed by atoms with Crippen LogP contribution < -0.4 is 4.74 Å². The Morgan fingerprint density at radius 2 is 1.88 bits per heavy atom. The van der Waals surface area contributed by atoms with Gasteiger partial charge in [-0.3, -0.25) is 4.79 Å². The Bertz CT molecular complexity index is 619. The normalized spacial score (nSPS) is 16.6. The van der Waals surface area contributed by atoms with Gasteiger partial charge in [-0.15, -0.1) is 0 Å². The molecule has 6 nitrogen and oxygen atoms in total. The van der Waals surface area contributed by atoms with Crippen molar-refractivity contribution in [2.45, 2.75) is 26.2 Å². The van der Waals surface area contributed by atoms with E-state index in [-0.39, 0.29) is 18.3 Å². The van der Waals surface area contributed by atoms with Crippen LogP contribution in [0.15, 0.2) is 30.3 Å². The zero-order chi connectivity index (χ0) is 17.4. The molecule has 0 spiro atoms. The third kappa shape index (κ3) is 5.49. The van der Waals surface area contributed by atoms with E-state index >= 15 is 0 Å². The molecule has 0 unspecified atom stereocenters. The summed E-state index contributed by atoms with van der Waals surface area (Å²) in [6.45, 7) is 3.79. The second-order valence-electron chi connectivity index (χ2n) is 5.90. The van der Waals surface area contributed by atoms with Gasteiger partial charge >= 0.3 is 0 Å². The van der Waals surface area contributed by atoms with Crippen LogP contribution in [0, 0.1) is 0 Å². The third-order valence-electron chi connectivity index (χ3n) is 4.06. The highest BCUT2D eigenvalue weighted by atomic mass is 32.2. The van der Waals surface area contributed by atoms with Gasteiger partial charge in [-0.2, -0.15) is 0 Å². The number of ether oxygens (including phenoxy) is 1. The van der Waals surface area contributed by atoms with Gasteiger partial charge in [0.05, 0.1) is 5.75 Å². The van der Waals surface area contributed by atoms with E-state index in [1.54, 1.807) is 17.0 Å². The molecule has 1 aliphatic heterocycles. The molecular formula is C17H26N2O4S. The van der Waals surface area contributed by atoms with Gasteiger partial charge in [0.15, 0.2) is 6.61 Å². The van der Waals surface area contributed by atoms with Gasteiger partial charge in [0.1, 0.15) is 5.75 Å². The molecule has 134 valence electrons. The van der Waals surface area contributed by atoms with Gasteiger partial charge in [0.2, 0.25) is 10.0 Å². The number of carbonyl (C=O) groups excluding carboxylic acids is 1. The molecular weight excluding hydrogens is 328 g/mol. The molecule has 1 aliphatic rings. The van der Waals surface area contributed by atoms with Crippen LogP contribution in [0.1, 0.15) is 26.2 Å². The summed E-state index contributed by atoms with van der Waals surface area (Å²) in [7, 11) is -3.21. The molecule has 0 aromatic heterocycles. The molecule has 1 aromatic rings. The fourth-order valence-electron chi connectivity index (χ4n) is 2.63. The van der Waals surface area contributed by atoms with E-state index in [0.717, 1.165) is 6.42 Å². The van der Waals surface area contributed by atoms with E-state index in [1.165, 1.54) is 4.31 Å². The van der Waals surface area contributed by atoms with E-state index < -0.39 is 10.0 Å². The van der Waals surface area contributed by atoms with Crippen molar-refractivity contribution in [2.24, 2.45) is 0 Å². The monoisotopic (exact) mass is 354 g/mol. The number of nitrogens with zero attached hydrogens (tertiary/aromatic N) is 2. The lowest BCUT2D eigenvalue weighted by molar-refractivity contribution is -0.133. The lowest BCUT2D eigenvalue weighted by atomic mass is 10.3. The second kappa shape index (κ2) is 9.03. The van der Waals surface area contributed by atoms with E-state index in [0.29, 0.717) is 44.8 Å². The molecule has 0 saturated carbocycles. The van der Waals surface area contributed by atoms with Gasteiger partial charge in [-0.25, -0.2) is 12.7 Å². The minimum Gasteiger partial charge on any atom is -0.484 e. The Labute approximate surface area is 144 Å². The van der Waals surface area contributed by atoms with Crippen molar-refractivity contribution in [1.82, 2.24) is 9.21 Å². The molecule has 1 aromatic carbocycles. The van der Waals surface area contributed by atoms with E-state index in [2.05, 4.69) is 0 Å². The first-order chi connectivity index (χ1) is 11.5. The number of hydrogen-bond donors (Lipinski definition) is 0. The minimum absolute atomic E-state index is 0.0212. The molecule has 2 rings (SSSR count). The topological polar surface area (TPSA) is 66.9 Å². The Morgan fingerprint density at radius 3 is 2.58 bits per heavy atom. The summed E-state index contributed by atoms with van der Waals surface area (Å²) in [6, 6.07) is 9.20. The SMILES string of the molecule is CCCCS(=O)(=O)N1CCCN(C(=O)COc2ccccc2)CC1. The Balaban J connectivity index is 1.85. The minimum atomic E-state index is -3.21. The molecule has 0 N–H and O–H groups in total. The number of hydrogen-bond acceptors (Lipinski definition) is 4. The molecule has 0 bridgehead atoms.